The molecule has 5 atom stereocenters. The molecule has 1 heterocycles. The number of thioether (sulfide) groups is 1. The van der Waals surface area contributed by atoms with E-state index in [0.29, 0.717) is 4.90 Å². The van der Waals surface area contributed by atoms with Crippen LogP contribution in [0.2, 0.25) is 0 Å². The molecule has 0 aliphatic carbocycles. The van der Waals surface area contributed by atoms with Crippen molar-refractivity contribution in [1.82, 2.24) is 0 Å². The number of ether oxygens (including phenoxy) is 3. The second kappa shape index (κ2) is 11.5. The Hall–Kier alpha value is -2.82. The maximum Gasteiger partial charge on any atom is 0.432 e. The lowest BCUT2D eigenvalue weighted by molar-refractivity contribution is -0.276. The smallest absolute Gasteiger partial charge is 0.432 e. The average molecular weight is 525 g/mol. The summed E-state index contributed by atoms with van der Waals surface area (Å²) in [4.78, 5) is 26.4. The highest BCUT2D eigenvalue weighted by atomic mass is 32.2. The van der Waals surface area contributed by atoms with Gasteiger partial charge in [-0.25, -0.2) is 4.79 Å². The van der Waals surface area contributed by atoms with Crippen LogP contribution in [0, 0.1) is 5.92 Å². The number of halogens is 3. The molecule has 3 rings (SSSR count). The first-order valence-corrected chi connectivity index (χ1v) is 12.0. The molecule has 0 bridgehead atoms. The molecule has 6 nitrogen and oxygen atoms in total. The number of rotatable bonds is 9. The lowest BCUT2D eigenvalue weighted by Gasteiger charge is -2.33. The molecule has 0 amide bonds. The fourth-order valence-electron chi connectivity index (χ4n) is 3.99. The van der Waals surface area contributed by atoms with Crippen LogP contribution in [-0.2, 0) is 29.4 Å². The second-order valence-electron chi connectivity index (χ2n) is 8.48. The molecule has 0 radical (unpaired) electrons. The molecular formula is C26H27F3O6S. The number of carbonyl (C=O) groups excluding carboxylic acids is 2. The Kier molecular flexibility index (Phi) is 8.86. The summed E-state index contributed by atoms with van der Waals surface area (Å²) in [5.41, 5.74) is -3.00. The monoisotopic (exact) mass is 524 g/mol. The molecule has 0 saturated carbocycles. The van der Waals surface area contributed by atoms with Crippen LogP contribution in [0.3, 0.4) is 0 Å². The first-order chi connectivity index (χ1) is 17.0. The van der Waals surface area contributed by atoms with Crippen LogP contribution in [0.25, 0.3) is 0 Å². The zero-order chi connectivity index (χ0) is 26.5. The van der Waals surface area contributed by atoms with Gasteiger partial charge in [0.2, 0.25) is 0 Å². The SMILES string of the molecule is CO[C@@](C(=O)OCC(Sc1ccccc1)[C@@H]1C(=O)O[C@H](C=C(C)C)[C@H]1O)(c1ccccc1)C(F)(F)F. The number of aliphatic hydroxyl groups excluding tert-OH is 1. The molecule has 0 aromatic heterocycles. The lowest BCUT2D eigenvalue weighted by Crippen LogP contribution is -2.52. The Morgan fingerprint density at radius 2 is 1.69 bits per heavy atom. The van der Waals surface area contributed by atoms with Crippen molar-refractivity contribution in [2.24, 2.45) is 5.92 Å². The average Bonchev–Trinajstić information content (AvgIpc) is 3.10. The zero-order valence-electron chi connectivity index (χ0n) is 19.9. The maximum absolute atomic E-state index is 14.2. The quantitative estimate of drug-likeness (QED) is 0.290. The Bertz CT molecular complexity index is 1070. The number of esters is 2. The molecule has 0 spiro atoms. The molecule has 1 unspecified atom stereocenters. The molecule has 36 heavy (non-hydrogen) atoms. The molecule has 10 heteroatoms. The van der Waals surface area contributed by atoms with Gasteiger partial charge in [-0.2, -0.15) is 13.2 Å². The van der Waals surface area contributed by atoms with E-state index < -0.39 is 59.3 Å². The predicted octanol–water partition coefficient (Wildman–Crippen LogP) is 4.66. The standard InChI is InChI=1S/C26H27F3O6S/c1-16(2)14-19-22(30)21(23(31)35-19)20(36-18-12-8-5-9-13-18)15-34-24(32)25(33-3,26(27,28)29)17-10-6-4-7-11-17/h4-14,19-22,30H,15H2,1-3H3/t19-,20?,21+,22-,25-/m1/s1. The lowest BCUT2D eigenvalue weighted by atomic mass is 9.92. The Morgan fingerprint density at radius 1 is 1.11 bits per heavy atom. The van der Waals surface area contributed by atoms with E-state index >= 15 is 0 Å². The minimum Gasteiger partial charge on any atom is -0.462 e. The summed E-state index contributed by atoms with van der Waals surface area (Å²) in [5, 5.41) is 9.91. The highest BCUT2D eigenvalue weighted by Crippen LogP contribution is 2.43. The van der Waals surface area contributed by atoms with Gasteiger partial charge in [0.25, 0.3) is 5.60 Å². The van der Waals surface area contributed by atoms with Gasteiger partial charge in [0, 0.05) is 17.6 Å². The summed E-state index contributed by atoms with van der Waals surface area (Å²) in [6.45, 7) is 2.94. The Morgan fingerprint density at radius 3 is 2.22 bits per heavy atom. The summed E-state index contributed by atoms with van der Waals surface area (Å²) in [6, 6.07) is 15.2. The van der Waals surface area contributed by atoms with Crippen molar-refractivity contribution in [3.8, 4) is 0 Å². The predicted molar refractivity (Wildman–Crippen MR) is 127 cm³/mol. The highest BCUT2D eigenvalue weighted by Gasteiger charge is 2.64. The third-order valence-electron chi connectivity index (χ3n) is 5.71. The fourth-order valence-corrected chi connectivity index (χ4v) is 5.21. The van der Waals surface area contributed by atoms with Crippen molar-refractivity contribution >= 4 is 23.7 Å². The largest absolute Gasteiger partial charge is 0.462 e. The van der Waals surface area contributed by atoms with E-state index in [9.17, 15) is 27.9 Å². The van der Waals surface area contributed by atoms with Crippen LogP contribution in [0.1, 0.15) is 19.4 Å². The number of carbonyl (C=O) groups is 2. The van der Waals surface area contributed by atoms with Crippen molar-refractivity contribution in [3.63, 3.8) is 0 Å². The number of aliphatic hydroxyl groups is 1. The van der Waals surface area contributed by atoms with Gasteiger partial charge in [-0.1, -0.05) is 54.1 Å². The first-order valence-electron chi connectivity index (χ1n) is 11.1. The number of benzene rings is 2. The summed E-state index contributed by atoms with van der Waals surface area (Å²) >= 11 is 1.10. The molecule has 194 valence electrons. The summed E-state index contributed by atoms with van der Waals surface area (Å²) in [7, 11) is 0.778. The second-order valence-corrected chi connectivity index (χ2v) is 9.79. The summed E-state index contributed by atoms with van der Waals surface area (Å²) in [6.07, 6.45) is -5.74. The molecule has 1 N–H and O–H groups in total. The van der Waals surface area contributed by atoms with Gasteiger partial charge in [0.15, 0.2) is 0 Å². The van der Waals surface area contributed by atoms with Crippen molar-refractivity contribution < 1.29 is 42.1 Å². The summed E-state index contributed by atoms with van der Waals surface area (Å²) < 4.78 is 58.0. The van der Waals surface area contributed by atoms with Crippen molar-refractivity contribution in [2.75, 3.05) is 13.7 Å². The van der Waals surface area contributed by atoms with E-state index in [2.05, 4.69) is 0 Å². The third kappa shape index (κ3) is 5.77. The molecule has 2 aromatic rings. The number of allylic oxidation sites excluding steroid dienone is 1. The topological polar surface area (TPSA) is 82.1 Å². The summed E-state index contributed by atoms with van der Waals surface area (Å²) in [5.74, 6) is -3.56. The number of hydrogen-bond acceptors (Lipinski definition) is 7. The number of alkyl halides is 3. The first kappa shape index (κ1) is 27.8. The molecule has 1 saturated heterocycles. The van der Waals surface area contributed by atoms with Gasteiger partial charge in [0.05, 0.1) is 5.25 Å². The van der Waals surface area contributed by atoms with Crippen LogP contribution in [0.5, 0.6) is 0 Å². The van der Waals surface area contributed by atoms with Crippen LogP contribution in [0.4, 0.5) is 13.2 Å². The van der Waals surface area contributed by atoms with Crippen molar-refractivity contribution in [1.29, 1.82) is 0 Å². The van der Waals surface area contributed by atoms with Gasteiger partial charge in [-0.05, 0) is 32.1 Å². The minimum absolute atomic E-state index is 0.443. The van der Waals surface area contributed by atoms with E-state index in [4.69, 9.17) is 14.2 Å². The van der Waals surface area contributed by atoms with E-state index in [-0.39, 0.29) is 0 Å². The zero-order valence-corrected chi connectivity index (χ0v) is 20.7. The highest BCUT2D eigenvalue weighted by molar-refractivity contribution is 8.00. The van der Waals surface area contributed by atoms with Gasteiger partial charge < -0.3 is 19.3 Å². The van der Waals surface area contributed by atoms with E-state index in [1.54, 1.807) is 50.3 Å². The van der Waals surface area contributed by atoms with Crippen molar-refractivity contribution in [2.45, 2.75) is 48.0 Å². The minimum atomic E-state index is -5.14. The van der Waals surface area contributed by atoms with Gasteiger partial charge in [-0.15, -0.1) is 11.8 Å². The Balaban J connectivity index is 1.92. The van der Waals surface area contributed by atoms with E-state index in [1.165, 1.54) is 18.2 Å². The normalized spacial score (nSPS) is 22.3. The molecule has 2 aromatic carbocycles. The van der Waals surface area contributed by atoms with E-state index in [0.717, 1.165) is 36.6 Å². The maximum atomic E-state index is 14.2. The van der Waals surface area contributed by atoms with Crippen LogP contribution < -0.4 is 0 Å². The Labute approximate surface area is 211 Å². The molecule has 1 aliphatic rings. The molecular weight excluding hydrogens is 497 g/mol. The van der Waals surface area contributed by atoms with E-state index in [1.807, 2.05) is 0 Å². The van der Waals surface area contributed by atoms with Crippen LogP contribution in [-0.4, -0.2) is 54.4 Å². The molecule has 1 fully saturated rings. The molecule has 1 aliphatic heterocycles. The number of methoxy groups -OCH3 is 1. The number of cyclic esters (lactones) is 1. The van der Waals surface area contributed by atoms with Gasteiger partial charge in [0.1, 0.15) is 24.7 Å². The third-order valence-corrected chi connectivity index (χ3v) is 6.99. The van der Waals surface area contributed by atoms with Crippen molar-refractivity contribution in [3.05, 3.63) is 77.9 Å². The van der Waals surface area contributed by atoms with Crippen LogP contribution in [0.15, 0.2) is 77.2 Å². The number of hydrogen-bond donors (Lipinski definition) is 1. The van der Waals surface area contributed by atoms with Crippen LogP contribution >= 0.6 is 11.8 Å². The van der Waals surface area contributed by atoms with Gasteiger partial charge in [-0.3, -0.25) is 4.79 Å². The van der Waals surface area contributed by atoms with Gasteiger partial charge >= 0.3 is 18.1 Å². The fraction of sp³-hybridized carbons (Fsp3) is 0.385.